The van der Waals surface area contributed by atoms with Gasteiger partial charge in [0.1, 0.15) is 5.82 Å². The number of carboxylic acids is 1. The van der Waals surface area contributed by atoms with Crippen molar-refractivity contribution in [3.63, 3.8) is 0 Å². The standard InChI is InChI=1S/C28H34Cl2FNO5S/c1-17(10-11-38(36,37)27(2,3)4)32-25(18-6-8-20(29)9-7-18)23(19-12-21(30)14-22(31)13-19)15-28(5,26(32)35)16-24(33)34/h6-9,12-14,17,23,25H,10-11,15-16H2,1-5H3,(H,33,34)/t17-,23+,25+,28+/m0/s1. The molecule has 1 fully saturated rings. The second kappa shape index (κ2) is 11.1. The monoisotopic (exact) mass is 585 g/mol. The number of carbonyl (C=O) groups is 2. The van der Waals surface area contributed by atoms with Crippen LogP contribution in [0.5, 0.6) is 0 Å². The van der Waals surface area contributed by atoms with E-state index in [1.807, 2.05) is 0 Å². The number of piperidine rings is 1. The molecule has 1 saturated heterocycles. The van der Waals surface area contributed by atoms with Gasteiger partial charge in [-0.3, -0.25) is 9.59 Å². The van der Waals surface area contributed by atoms with E-state index in [1.165, 1.54) is 12.1 Å². The van der Waals surface area contributed by atoms with Crippen molar-refractivity contribution in [1.29, 1.82) is 0 Å². The molecule has 1 aliphatic heterocycles. The maximum atomic E-state index is 14.5. The predicted molar refractivity (Wildman–Crippen MR) is 148 cm³/mol. The summed E-state index contributed by atoms with van der Waals surface area (Å²) in [6.07, 6.45) is -0.147. The quantitative estimate of drug-likeness (QED) is 0.374. The Balaban J connectivity index is 2.19. The van der Waals surface area contributed by atoms with Gasteiger partial charge in [-0.2, -0.15) is 0 Å². The minimum Gasteiger partial charge on any atom is -0.481 e. The van der Waals surface area contributed by atoms with E-state index in [1.54, 1.807) is 69.9 Å². The first-order valence-corrected chi connectivity index (χ1v) is 14.8. The largest absolute Gasteiger partial charge is 0.481 e. The normalized spacial score (nSPS) is 23.4. The molecule has 0 aliphatic carbocycles. The Morgan fingerprint density at radius 3 is 2.26 bits per heavy atom. The van der Waals surface area contributed by atoms with Gasteiger partial charge in [0.2, 0.25) is 5.91 Å². The van der Waals surface area contributed by atoms with E-state index >= 15 is 0 Å². The topological polar surface area (TPSA) is 91.8 Å². The molecule has 0 unspecified atom stereocenters. The van der Waals surface area contributed by atoms with E-state index in [9.17, 15) is 27.5 Å². The fraction of sp³-hybridized carbons (Fsp3) is 0.500. The van der Waals surface area contributed by atoms with Crippen LogP contribution in [0.15, 0.2) is 42.5 Å². The minimum atomic E-state index is -3.48. The Labute approximate surface area is 234 Å². The van der Waals surface area contributed by atoms with Crippen molar-refractivity contribution < 1.29 is 27.5 Å². The van der Waals surface area contributed by atoms with Gasteiger partial charge < -0.3 is 10.0 Å². The third-order valence-electron chi connectivity index (χ3n) is 7.38. The molecular weight excluding hydrogens is 552 g/mol. The zero-order valence-electron chi connectivity index (χ0n) is 22.2. The van der Waals surface area contributed by atoms with Crippen LogP contribution in [0.4, 0.5) is 4.39 Å². The molecule has 6 nitrogen and oxygen atoms in total. The molecule has 0 radical (unpaired) electrons. The Morgan fingerprint density at radius 1 is 1.13 bits per heavy atom. The lowest BCUT2D eigenvalue weighted by Crippen LogP contribution is -2.55. The number of halogens is 3. The molecule has 0 saturated carbocycles. The summed E-state index contributed by atoms with van der Waals surface area (Å²) in [6.45, 7) is 8.25. The summed E-state index contributed by atoms with van der Waals surface area (Å²) in [5, 5.41) is 10.4. The second-order valence-electron chi connectivity index (χ2n) is 11.4. The summed E-state index contributed by atoms with van der Waals surface area (Å²) < 4.78 is 39.3. The number of rotatable bonds is 8. The van der Waals surface area contributed by atoms with E-state index in [4.69, 9.17) is 23.2 Å². The Morgan fingerprint density at radius 2 is 1.74 bits per heavy atom. The molecule has 1 heterocycles. The van der Waals surface area contributed by atoms with Crippen LogP contribution in [0.25, 0.3) is 0 Å². The highest BCUT2D eigenvalue weighted by molar-refractivity contribution is 7.92. The van der Waals surface area contributed by atoms with Gasteiger partial charge in [0.05, 0.1) is 28.4 Å². The van der Waals surface area contributed by atoms with Crippen LogP contribution in [-0.2, 0) is 19.4 Å². The second-order valence-corrected chi connectivity index (χ2v) is 15.2. The molecule has 2 aromatic rings. The molecule has 0 aromatic heterocycles. The van der Waals surface area contributed by atoms with Gasteiger partial charge >= 0.3 is 5.97 Å². The number of sulfone groups is 1. The van der Waals surface area contributed by atoms with Gasteiger partial charge in [-0.15, -0.1) is 0 Å². The van der Waals surface area contributed by atoms with Crippen LogP contribution in [0.3, 0.4) is 0 Å². The Kier molecular flexibility index (Phi) is 8.91. The molecule has 2 aromatic carbocycles. The van der Waals surface area contributed by atoms with Gasteiger partial charge in [-0.25, -0.2) is 12.8 Å². The van der Waals surface area contributed by atoms with E-state index in [0.29, 0.717) is 10.6 Å². The number of likely N-dealkylation sites (tertiary alicyclic amines) is 1. The van der Waals surface area contributed by atoms with Crippen molar-refractivity contribution in [2.24, 2.45) is 5.41 Å². The fourth-order valence-electron chi connectivity index (χ4n) is 5.19. The lowest BCUT2D eigenvalue weighted by Gasteiger charge is -2.51. The van der Waals surface area contributed by atoms with E-state index in [-0.39, 0.29) is 29.5 Å². The summed E-state index contributed by atoms with van der Waals surface area (Å²) in [5.41, 5.74) is -0.0651. The van der Waals surface area contributed by atoms with E-state index in [2.05, 4.69) is 0 Å². The molecular formula is C28H34Cl2FNO5S. The number of hydrogen-bond donors (Lipinski definition) is 1. The summed E-state index contributed by atoms with van der Waals surface area (Å²) in [7, 11) is -3.48. The summed E-state index contributed by atoms with van der Waals surface area (Å²) in [5.74, 6) is -2.74. The SMILES string of the molecule is C[C@@H](CCS(=O)(=O)C(C)(C)C)N1C(=O)[C@@](C)(CC(=O)O)C[C@H](c2cc(F)cc(Cl)c2)[C@H]1c1ccc(Cl)cc1. The van der Waals surface area contributed by atoms with Crippen molar-refractivity contribution >= 4 is 44.9 Å². The van der Waals surface area contributed by atoms with Gasteiger partial charge in [-0.1, -0.05) is 42.3 Å². The molecule has 208 valence electrons. The zero-order chi connectivity index (χ0) is 28.6. The molecule has 1 N–H and O–H groups in total. The number of carboxylic acid groups (broad SMARTS) is 1. The van der Waals surface area contributed by atoms with Gasteiger partial charge in [0, 0.05) is 22.0 Å². The van der Waals surface area contributed by atoms with Crippen LogP contribution in [0, 0.1) is 11.2 Å². The van der Waals surface area contributed by atoms with Gasteiger partial charge in [0.25, 0.3) is 0 Å². The number of hydrogen-bond acceptors (Lipinski definition) is 4. The third-order valence-corrected chi connectivity index (χ3v) is 10.5. The maximum absolute atomic E-state index is 14.5. The predicted octanol–water partition coefficient (Wildman–Crippen LogP) is 6.66. The van der Waals surface area contributed by atoms with Crippen molar-refractivity contribution in [2.45, 2.75) is 76.6 Å². The maximum Gasteiger partial charge on any atom is 0.304 e. The number of nitrogens with zero attached hydrogens (tertiary/aromatic N) is 1. The Hall–Kier alpha value is -2.16. The highest BCUT2D eigenvalue weighted by atomic mass is 35.5. The molecule has 1 amide bonds. The zero-order valence-corrected chi connectivity index (χ0v) is 24.5. The van der Waals surface area contributed by atoms with Crippen molar-refractivity contribution in [3.8, 4) is 0 Å². The summed E-state index contributed by atoms with van der Waals surface area (Å²) >= 11 is 12.3. The lowest BCUT2D eigenvalue weighted by molar-refractivity contribution is -0.160. The highest BCUT2D eigenvalue weighted by Gasteiger charge is 2.52. The van der Waals surface area contributed by atoms with Crippen LogP contribution in [0.1, 0.15) is 77.0 Å². The first-order valence-electron chi connectivity index (χ1n) is 12.4. The number of carbonyl (C=O) groups excluding carboxylic acids is 1. The molecule has 38 heavy (non-hydrogen) atoms. The summed E-state index contributed by atoms with van der Waals surface area (Å²) in [6, 6.07) is 9.89. The molecule has 10 heteroatoms. The van der Waals surface area contributed by atoms with Crippen LogP contribution in [-0.4, -0.2) is 46.8 Å². The van der Waals surface area contributed by atoms with Gasteiger partial charge in [0.15, 0.2) is 9.84 Å². The van der Waals surface area contributed by atoms with Crippen molar-refractivity contribution in [3.05, 3.63) is 69.5 Å². The van der Waals surface area contributed by atoms with Gasteiger partial charge in [-0.05, 0) is 82.0 Å². The van der Waals surface area contributed by atoms with Crippen molar-refractivity contribution in [1.82, 2.24) is 4.90 Å². The minimum absolute atomic E-state index is 0.134. The lowest BCUT2D eigenvalue weighted by atomic mass is 9.67. The first kappa shape index (κ1) is 30.4. The van der Waals surface area contributed by atoms with Crippen molar-refractivity contribution in [2.75, 3.05) is 5.75 Å². The highest BCUT2D eigenvalue weighted by Crippen LogP contribution is 2.52. The fourth-order valence-corrected chi connectivity index (χ4v) is 6.81. The smallest absolute Gasteiger partial charge is 0.304 e. The molecule has 0 bridgehead atoms. The molecule has 1 aliphatic rings. The van der Waals surface area contributed by atoms with Crippen LogP contribution < -0.4 is 0 Å². The molecule has 4 atom stereocenters. The summed E-state index contributed by atoms with van der Waals surface area (Å²) in [4.78, 5) is 27.5. The van der Waals surface area contributed by atoms with Crippen LogP contribution >= 0.6 is 23.2 Å². The van der Waals surface area contributed by atoms with Crippen LogP contribution in [0.2, 0.25) is 10.0 Å². The van der Waals surface area contributed by atoms with E-state index in [0.717, 1.165) is 5.56 Å². The number of benzene rings is 2. The first-order chi connectivity index (χ1) is 17.4. The number of amides is 1. The Bertz CT molecular complexity index is 1290. The number of aliphatic carboxylic acids is 1. The average molecular weight is 587 g/mol. The molecule has 3 rings (SSSR count). The average Bonchev–Trinajstić information content (AvgIpc) is 2.78. The third kappa shape index (κ3) is 6.52. The molecule has 0 spiro atoms. The van der Waals surface area contributed by atoms with E-state index < -0.39 is 56.2 Å².